The van der Waals surface area contributed by atoms with Crippen LogP contribution in [-0.4, -0.2) is 33.1 Å². The highest BCUT2D eigenvalue weighted by molar-refractivity contribution is 5.73. The lowest BCUT2D eigenvalue weighted by Gasteiger charge is -2.53. The van der Waals surface area contributed by atoms with Crippen molar-refractivity contribution in [1.29, 1.82) is 0 Å². The van der Waals surface area contributed by atoms with Crippen molar-refractivity contribution in [1.82, 2.24) is 0 Å². The Morgan fingerprint density at radius 1 is 1.19 bits per heavy atom. The monoisotopic (exact) mass is 290 g/mol. The van der Waals surface area contributed by atoms with E-state index in [4.69, 9.17) is 14.2 Å². The first-order chi connectivity index (χ1) is 10.0. The quantitative estimate of drug-likeness (QED) is 0.632. The predicted octanol–water partition coefficient (Wildman–Crippen LogP) is 2.22. The summed E-state index contributed by atoms with van der Waals surface area (Å²) in [5.41, 5.74) is 3.62. The van der Waals surface area contributed by atoms with Crippen molar-refractivity contribution >= 4 is 5.97 Å². The molecule has 0 saturated heterocycles. The van der Waals surface area contributed by atoms with E-state index >= 15 is 0 Å². The zero-order valence-corrected chi connectivity index (χ0v) is 13.1. The Bertz CT molecular complexity index is 576. The molecule has 4 nitrogen and oxygen atoms in total. The first-order valence-electron chi connectivity index (χ1n) is 7.30. The second-order valence-corrected chi connectivity index (χ2v) is 6.25. The molecule has 0 heterocycles. The van der Waals surface area contributed by atoms with Gasteiger partial charge in [-0.3, -0.25) is 4.79 Å². The number of benzene rings is 1. The third-order valence-electron chi connectivity index (χ3n) is 5.35. The number of rotatable bonds is 3. The topological polar surface area (TPSA) is 44.8 Å². The van der Waals surface area contributed by atoms with Crippen LogP contribution in [0.25, 0.3) is 0 Å². The van der Waals surface area contributed by atoms with Crippen LogP contribution < -0.4 is 0 Å². The minimum absolute atomic E-state index is 0.198. The first kappa shape index (κ1) is 14.5. The van der Waals surface area contributed by atoms with Gasteiger partial charge in [0.1, 0.15) is 0 Å². The van der Waals surface area contributed by atoms with Crippen LogP contribution in [0, 0.1) is 5.92 Å². The van der Waals surface area contributed by atoms with E-state index in [1.165, 1.54) is 23.8 Å². The molecule has 2 unspecified atom stereocenters. The van der Waals surface area contributed by atoms with Crippen molar-refractivity contribution in [3.63, 3.8) is 0 Å². The van der Waals surface area contributed by atoms with Crippen LogP contribution in [0.2, 0.25) is 0 Å². The van der Waals surface area contributed by atoms with Gasteiger partial charge in [-0.25, -0.2) is 0 Å². The fourth-order valence-electron chi connectivity index (χ4n) is 4.29. The van der Waals surface area contributed by atoms with Crippen LogP contribution in [0.15, 0.2) is 18.2 Å². The number of carbonyl (C=O) groups excluding carboxylic acids is 1. The summed E-state index contributed by atoms with van der Waals surface area (Å²) in [4.78, 5) is 12.1. The van der Waals surface area contributed by atoms with Gasteiger partial charge in [0.15, 0.2) is 5.79 Å². The number of hydrogen-bond acceptors (Lipinski definition) is 4. The molecule has 3 rings (SSSR count). The maximum Gasteiger partial charge on any atom is 0.309 e. The number of hydrogen-bond donors (Lipinski definition) is 0. The summed E-state index contributed by atoms with van der Waals surface area (Å²) >= 11 is 0. The molecule has 0 amide bonds. The van der Waals surface area contributed by atoms with Crippen molar-refractivity contribution in [3.8, 4) is 0 Å². The molecule has 4 heteroatoms. The summed E-state index contributed by atoms with van der Waals surface area (Å²) < 4.78 is 16.6. The van der Waals surface area contributed by atoms with E-state index in [9.17, 15) is 4.79 Å². The molecular weight excluding hydrogens is 268 g/mol. The molecule has 0 aromatic heterocycles. The molecule has 0 spiro atoms. The number of carbonyl (C=O) groups is 1. The summed E-state index contributed by atoms with van der Waals surface area (Å²) in [6.45, 7) is 2.17. The molecule has 114 valence electrons. The molecule has 0 N–H and O–H groups in total. The maximum atomic E-state index is 12.1. The van der Waals surface area contributed by atoms with Crippen LogP contribution in [0.3, 0.4) is 0 Å². The van der Waals surface area contributed by atoms with Crippen molar-refractivity contribution in [3.05, 3.63) is 34.9 Å². The summed E-state index contributed by atoms with van der Waals surface area (Å²) in [6, 6.07) is 6.32. The molecule has 0 saturated carbocycles. The van der Waals surface area contributed by atoms with Crippen molar-refractivity contribution < 1.29 is 19.0 Å². The van der Waals surface area contributed by atoms with Crippen molar-refractivity contribution in [2.24, 2.45) is 5.92 Å². The number of ether oxygens (including phenoxy) is 3. The molecule has 21 heavy (non-hydrogen) atoms. The lowest BCUT2D eigenvalue weighted by molar-refractivity contribution is -0.261. The van der Waals surface area contributed by atoms with Crippen LogP contribution in [0.1, 0.15) is 30.0 Å². The lowest BCUT2D eigenvalue weighted by Crippen LogP contribution is -2.59. The highest BCUT2D eigenvalue weighted by Gasteiger charge is 2.60. The van der Waals surface area contributed by atoms with Crippen LogP contribution >= 0.6 is 0 Å². The molecular formula is C17H22O4. The fourth-order valence-corrected chi connectivity index (χ4v) is 4.29. The SMILES string of the molecule is COC(=O)C1Cc2cccc3c2C(C)(C3)C(OC)(OC)C1. The Kier molecular flexibility index (Phi) is 3.34. The van der Waals surface area contributed by atoms with Gasteiger partial charge in [-0.2, -0.15) is 0 Å². The minimum atomic E-state index is -0.786. The third kappa shape index (κ3) is 1.79. The van der Waals surface area contributed by atoms with Gasteiger partial charge in [-0.1, -0.05) is 18.2 Å². The average molecular weight is 290 g/mol. The van der Waals surface area contributed by atoms with E-state index in [-0.39, 0.29) is 17.3 Å². The number of methoxy groups -OCH3 is 3. The summed E-state index contributed by atoms with van der Waals surface area (Å²) in [5.74, 6) is -1.23. The molecule has 0 radical (unpaired) electrons. The van der Waals surface area contributed by atoms with Gasteiger partial charge in [0, 0.05) is 20.6 Å². The van der Waals surface area contributed by atoms with Gasteiger partial charge in [-0.05, 0) is 36.5 Å². The standard InChI is InChI=1S/C17H22O4/c1-16-9-12-7-5-6-11(14(12)16)8-13(15(18)19-2)10-17(16,20-3)21-4/h5-7,13H,8-10H2,1-4H3. The highest BCUT2D eigenvalue weighted by Crippen LogP contribution is 2.55. The molecule has 1 aromatic carbocycles. The Hall–Kier alpha value is -1.39. The minimum Gasteiger partial charge on any atom is -0.469 e. The molecule has 0 aliphatic heterocycles. The summed E-state index contributed by atoms with van der Waals surface area (Å²) in [5, 5.41) is 0. The third-order valence-corrected chi connectivity index (χ3v) is 5.35. The molecule has 0 fully saturated rings. The first-order valence-corrected chi connectivity index (χ1v) is 7.30. The highest BCUT2D eigenvalue weighted by atomic mass is 16.7. The number of esters is 1. The van der Waals surface area contributed by atoms with Gasteiger partial charge in [-0.15, -0.1) is 0 Å². The lowest BCUT2D eigenvalue weighted by atomic mass is 9.59. The van der Waals surface area contributed by atoms with Crippen molar-refractivity contribution in [2.75, 3.05) is 21.3 Å². The zero-order chi connectivity index (χ0) is 15.3. The van der Waals surface area contributed by atoms with Gasteiger partial charge in [0.25, 0.3) is 0 Å². The smallest absolute Gasteiger partial charge is 0.309 e. The average Bonchev–Trinajstić information content (AvgIpc) is 2.58. The van der Waals surface area contributed by atoms with E-state index in [0.717, 1.165) is 6.42 Å². The molecule has 2 aliphatic carbocycles. The second kappa shape index (κ2) is 4.82. The van der Waals surface area contributed by atoms with E-state index in [1.807, 2.05) is 0 Å². The van der Waals surface area contributed by atoms with Gasteiger partial charge in [0.05, 0.1) is 18.4 Å². The van der Waals surface area contributed by atoms with Crippen LogP contribution in [-0.2, 0) is 37.3 Å². The molecule has 2 atom stereocenters. The normalized spacial score (nSPS) is 29.0. The van der Waals surface area contributed by atoms with E-state index in [1.54, 1.807) is 14.2 Å². The molecule has 1 aromatic rings. The largest absolute Gasteiger partial charge is 0.469 e. The van der Waals surface area contributed by atoms with E-state index in [0.29, 0.717) is 12.8 Å². The Balaban J connectivity index is 2.15. The van der Waals surface area contributed by atoms with Crippen molar-refractivity contribution in [2.45, 2.75) is 37.4 Å². The van der Waals surface area contributed by atoms with Gasteiger partial charge >= 0.3 is 5.97 Å². The van der Waals surface area contributed by atoms with E-state index in [2.05, 4.69) is 25.1 Å². The fraction of sp³-hybridized carbons (Fsp3) is 0.588. The maximum absolute atomic E-state index is 12.1. The van der Waals surface area contributed by atoms with Crippen LogP contribution in [0.4, 0.5) is 0 Å². The van der Waals surface area contributed by atoms with E-state index < -0.39 is 5.79 Å². The van der Waals surface area contributed by atoms with Gasteiger partial charge < -0.3 is 14.2 Å². The Morgan fingerprint density at radius 2 is 1.86 bits per heavy atom. The Morgan fingerprint density at radius 3 is 2.48 bits per heavy atom. The zero-order valence-electron chi connectivity index (χ0n) is 13.1. The summed E-state index contributed by atoms with van der Waals surface area (Å²) in [6.07, 6.45) is 2.10. The second-order valence-electron chi connectivity index (χ2n) is 6.25. The van der Waals surface area contributed by atoms with Crippen LogP contribution in [0.5, 0.6) is 0 Å². The molecule has 2 aliphatic rings. The summed E-state index contributed by atoms with van der Waals surface area (Å²) in [7, 11) is 4.76. The predicted molar refractivity (Wildman–Crippen MR) is 78.1 cm³/mol. The van der Waals surface area contributed by atoms with Gasteiger partial charge in [0.2, 0.25) is 0 Å². The molecule has 0 bridgehead atoms. The Labute approximate surface area is 125 Å².